The van der Waals surface area contributed by atoms with E-state index in [4.69, 9.17) is 0 Å². The topological polar surface area (TPSA) is 32.3 Å². The Kier molecular flexibility index (Phi) is 5.27. The summed E-state index contributed by atoms with van der Waals surface area (Å²) in [5.41, 5.74) is 1.75. The molecule has 1 aromatic rings. The maximum atomic E-state index is 12.3. The van der Waals surface area contributed by atoms with Gasteiger partial charge in [0.05, 0.1) is 5.56 Å². The normalized spacial score (nSPS) is 22.1. The van der Waals surface area contributed by atoms with Crippen LogP contribution in [-0.4, -0.2) is 30.9 Å². The van der Waals surface area contributed by atoms with E-state index in [-0.39, 0.29) is 5.91 Å². The van der Waals surface area contributed by atoms with Crippen molar-refractivity contribution in [2.24, 2.45) is 11.8 Å². The highest BCUT2D eigenvalue weighted by molar-refractivity contribution is 5.99. The van der Waals surface area contributed by atoms with Gasteiger partial charge in [0.1, 0.15) is 0 Å². The number of hydrogen-bond acceptors (Lipinski definition) is 2. The number of nitrogens with zero attached hydrogens (tertiary/aromatic N) is 1. The molecule has 2 unspecified atom stereocenters. The predicted molar refractivity (Wildman–Crippen MR) is 88.7 cm³/mol. The van der Waals surface area contributed by atoms with E-state index in [1.807, 2.05) is 24.3 Å². The van der Waals surface area contributed by atoms with Crippen LogP contribution in [0.2, 0.25) is 0 Å². The first kappa shape index (κ1) is 15.9. The van der Waals surface area contributed by atoms with Gasteiger partial charge in [-0.3, -0.25) is 4.79 Å². The van der Waals surface area contributed by atoms with Gasteiger partial charge in [-0.15, -0.1) is 0 Å². The van der Waals surface area contributed by atoms with Crippen LogP contribution in [0, 0.1) is 11.8 Å². The van der Waals surface area contributed by atoms with Crippen LogP contribution < -0.4 is 5.32 Å². The number of nitrogens with one attached hydrogen (secondary N) is 1. The highest BCUT2D eigenvalue weighted by Crippen LogP contribution is 2.32. The van der Waals surface area contributed by atoms with E-state index in [0.29, 0.717) is 6.04 Å². The second-order valence-electron chi connectivity index (χ2n) is 6.76. The van der Waals surface area contributed by atoms with Gasteiger partial charge in [0.2, 0.25) is 0 Å². The summed E-state index contributed by atoms with van der Waals surface area (Å²) in [6.07, 6.45) is 5.04. The molecule has 0 aliphatic heterocycles. The Labute approximate surface area is 128 Å². The number of rotatable bonds is 4. The summed E-state index contributed by atoms with van der Waals surface area (Å²) in [4.78, 5) is 13.9. The third-order valence-electron chi connectivity index (χ3n) is 4.58. The van der Waals surface area contributed by atoms with E-state index >= 15 is 0 Å². The Balaban J connectivity index is 2.11. The van der Waals surface area contributed by atoms with E-state index in [1.54, 1.807) is 19.0 Å². The zero-order chi connectivity index (χ0) is 15.4. The molecule has 0 bridgehead atoms. The number of carbonyl (C=O) groups is 1. The van der Waals surface area contributed by atoms with Crippen LogP contribution in [0.4, 0.5) is 5.69 Å². The van der Waals surface area contributed by atoms with Crippen molar-refractivity contribution in [2.45, 2.75) is 45.6 Å². The molecule has 1 saturated carbocycles. The summed E-state index contributed by atoms with van der Waals surface area (Å²) in [5.74, 6) is 1.61. The summed E-state index contributed by atoms with van der Waals surface area (Å²) in [7, 11) is 3.60. The second-order valence-corrected chi connectivity index (χ2v) is 6.76. The Morgan fingerprint density at radius 1 is 1.24 bits per heavy atom. The van der Waals surface area contributed by atoms with E-state index in [0.717, 1.165) is 23.1 Å². The molecule has 1 amide bonds. The quantitative estimate of drug-likeness (QED) is 0.907. The van der Waals surface area contributed by atoms with Crippen LogP contribution in [0.3, 0.4) is 0 Å². The summed E-state index contributed by atoms with van der Waals surface area (Å²) >= 11 is 0. The Bertz CT molecular complexity index is 482. The number of para-hydroxylation sites is 1. The van der Waals surface area contributed by atoms with Gasteiger partial charge < -0.3 is 10.2 Å². The second kappa shape index (κ2) is 6.97. The number of hydrogen-bond donors (Lipinski definition) is 1. The molecule has 1 fully saturated rings. The third kappa shape index (κ3) is 3.99. The fraction of sp³-hybridized carbons (Fsp3) is 0.611. The van der Waals surface area contributed by atoms with E-state index in [1.165, 1.54) is 25.7 Å². The average Bonchev–Trinajstić information content (AvgIpc) is 2.47. The first-order valence-corrected chi connectivity index (χ1v) is 8.06. The van der Waals surface area contributed by atoms with Crippen LogP contribution >= 0.6 is 0 Å². The molecule has 1 N–H and O–H groups in total. The Morgan fingerprint density at radius 2 is 1.95 bits per heavy atom. The number of carbonyl (C=O) groups excluding carboxylic acids is 1. The number of amides is 1. The third-order valence-corrected chi connectivity index (χ3v) is 4.58. The predicted octanol–water partition coefficient (Wildman–Crippen LogP) is 4.02. The maximum absolute atomic E-state index is 12.3. The minimum absolute atomic E-state index is 0.0642. The number of benzene rings is 1. The van der Waals surface area contributed by atoms with Gasteiger partial charge in [0.25, 0.3) is 5.91 Å². The van der Waals surface area contributed by atoms with Crippen molar-refractivity contribution in [1.29, 1.82) is 0 Å². The van der Waals surface area contributed by atoms with Gasteiger partial charge in [0, 0.05) is 25.8 Å². The summed E-state index contributed by atoms with van der Waals surface area (Å²) in [6.45, 7) is 4.63. The van der Waals surface area contributed by atoms with Gasteiger partial charge in [-0.25, -0.2) is 0 Å². The van der Waals surface area contributed by atoms with Gasteiger partial charge in [-0.1, -0.05) is 38.8 Å². The fourth-order valence-electron chi connectivity index (χ4n) is 3.22. The van der Waals surface area contributed by atoms with Crippen molar-refractivity contribution in [2.75, 3.05) is 19.4 Å². The van der Waals surface area contributed by atoms with Crippen molar-refractivity contribution in [3.8, 4) is 0 Å². The molecule has 21 heavy (non-hydrogen) atoms. The monoisotopic (exact) mass is 288 g/mol. The average molecular weight is 288 g/mol. The lowest BCUT2D eigenvalue weighted by Gasteiger charge is -2.33. The largest absolute Gasteiger partial charge is 0.382 e. The van der Waals surface area contributed by atoms with Gasteiger partial charge in [0.15, 0.2) is 0 Å². The Morgan fingerprint density at radius 3 is 2.62 bits per heavy atom. The molecule has 1 aromatic carbocycles. The minimum atomic E-state index is 0.0642. The molecule has 2 rings (SSSR count). The highest BCUT2D eigenvalue weighted by Gasteiger charge is 2.25. The van der Waals surface area contributed by atoms with Crippen LogP contribution in [0.15, 0.2) is 24.3 Å². The molecule has 0 radical (unpaired) electrons. The summed E-state index contributed by atoms with van der Waals surface area (Å²) in [5, 5.41) is 3.62. The zero-order valence-electron chi connectivity index (χ0n) is 13.7. The molecule has 0 aromatic heterocycles. The van der Waals surface area contributed by atoms with Crippen molar-refractivity contribution in [3.63, 3.8) is 0 Å². The Hall–Kier alpha value is -1.51. The maximum Gasteiger partial charge on any atom is 0.255 e. The molecule has 1 aliphatic carbocycles. The van der Waals surface area contributed by atoms with Crippen LogP contribution in [0.5, 0.6) is 0 Å². The van der Waals surface area contributed by atoms with Crippen molar-refractivity contribution in [1.82, 2.24) is 4.90 Å². The van der Waals surface area contributed by atoms with Crippen LogP contribution in [0.25, 0.3) is 0 Å². The van der Waals surface area contributed by atoms with Crippen molar-refractivity contribution >= 4 is 11.6 Å². The van der Waals surface area contributed by atoms with Gasteiger partial charge in [-0.05, 0) is 36.8 Å². The zero-order valence-corrected chi connectivity index (χ0v) is 13.7. The first-order chi connectivity index (χ1) is 9.99. The summed E-state index contributed by atoms with van der Waals surface area (Å²) in [6, 6.07) is 8.35. The SMILES string of the molecule is CC(C)C1CCCC(Nc2ccccc2C(=O)N(C)C)C1. The molecule has 2 atom stereocenters. The minimum Gasteiger partial charge on any atom is -0.382 e. The van der Waals surface area contributed by atoms with Gasteiger partial charge in [-0.2, -0.15) is 0 Å². The van der Waals surface area contributed by atoms with E-state index < -0.39 is 0 Å². The molecule has 0 spiro atoms. The van der Waals surface area contributed by atoms with Crippen LogP contribution in [0.1, 0.15) is 49.9 Å². The fourth-order valence-corrected chi connectivity index (χ4v) is 3.22. The van der Waals surface area contributed by atoms with Gasteiger partial charge >= 0.3 is 0 Å². The molecule has 3 nitrogen and oxygen atoms in total. The molecular formula is C18H28N2O. The lowest BCUT2D eigenvalue weighted by atomic mass is 9.79. The number of anilines is 1. The molecule has 0 heterocycles. The van der Waals surface area contributed by atoms with E-state index in [9.17, 15) is 4.79 Å². The van der Waals surface area contributed by atoms with E-state index in [2.05, 4.69) is 19.2 Å². The highest BCUT2D eigenvalue weighted by atomic mass is 16.2. The molecule has 3 heteroatoms. The smallest absolute Gasteiger partial charge is 0.255 e. The van der Waals surface area contributed by atoms with Crippen LogP contribution in [-0.2, 0) is 0 Å². The lowest BCUT2D eigenvalue weighted by molar-refractivity contribution is 0.0828. The lowest BCUT2D eigenvalue weighted by Crippen LogP contribution is -2.31. The first-order valence-electron chi connectivity index (χ1n) is 8.06. The molecular weight excluding hydrogens is 260 g/mol. The van der Waals surface area contributed by atoms with Crippen molar-refractivity contribution in [3.05, 3.63) is 29.8 Å². The molecule has 116 valence electrons. The molecule has 0 saturated heterocycles. The summed E-state index contributed by atoms with van der Waals surface area (Å²) < 4.78 is 0. The molecule has 1 aliphatic rings. The standard InChI is InChI=1S/C18H28N2O/c1-13(2)14-8-7-9-15(12-14)19-17-11-6-5-10-16(17)18(21)20(3)4/h5-6,10-11,13-15,19H,7-9,12H2,1-4H3. The van der Waals surface area contributed by atoms with Crippen molar-refractivity contribution < 1.29 is 4.79 Å².